The van der Waals surface area contributed by atoms with E-state index in [1.807, 2.05) is 67.7 Å². The predicted molar refractivity (Wildman–Crippen MR) is 174 cm³/mol. The van der Waals surface area contributed by atoms with E-state index < -0.39 is 58.0 Å². The van der Waals surface area contributed by atoms with Gasteiger partial charge in [0.15, 0.2) is 0 Å². The number of piperazine rings is 1. The Morgan fingerprint density at radius 2 is 1.36 bits per heavy atom. The first-order valence-electron chi connectivity index (χ1n) is 15.4. The van der Waals surface area contributed by atoms with Crippen molar-refractivity contribution in [3.05, 3.63) is 71.8 Å². The normalized spacial score (nSPS) is 17.7. The van der Waals surface area contributed by atoms with Gasteiger partial charge >= 0.3 is 6.09 Å². The molecule has 1 fully saturated rings. The summed E-state index contributed by atoms with van der Waals surface area (Å²) in [6, 6.07) is 15.9. The Morgan fingerprint density at radius 1 is 0.867 bits per heavy atom. The van der Waals surface area contributed by atoms with Crippen LogP contribution >= 0.6 is 0 Å². The number of rotatable bonds is 14. The van der Waals surface area contributed by atoms with E-state index in [1.165, 1.54) is 0 Å². The summed E-state index contributed by atoms with van der Waals surface area (Å²) in [5, 5.41) is 19.2. The van der Waals surface area contributed by atoms with Crippen molar-refractivity contribution in [3.63, 3.8) is 0 Å². The maximum Gasteiger partial charge on any atom is 0.407 e. The molecule has 250 valence electrons. The van der Waals surface area contributed by atoms with Crippen LogP contribution in [0.2, 0.25) is 0 Å². The van der Waals surface area contributed by atoms with Crippen LogP contribution in [-0.2, 0) is 32.6 Å². The average molecular weight is 647 g/mol. The molecule has 0 aromatic heterocycles. The van der Waals surface area contributed by atoms with Gasteiger partial charge in [0.25, 0.3) is 10.2 Å². The molecule has 0 spiro atoms. The fraction of sp³-hybridized carbons (Fsp3) is 0.562. The van der Waals surface area contributed by atoms with Crippen molar-refractivity contribution >= 4 is 22.2 Å². The Kier molecular flexibility index (Phi) is 13.3. The largest absolute Gasteiger partial charge is 0.444 e. The van der Waals surface area contributed by atoms with Gasteiger partial charge in [-0.05, 0) is 57.7 Å². The minimum Gasteiger partial charge on any atom is -0.444 e. The lowest BCUT2D eigenvalue weighted by molar-refractivity contribution is -0.125. The van der Waals surface area contributed by atoms with Crippen LogP contribution in [0.3, 0.4) is 0 Å². The van der Waals surface area contributed by atoms with Gasteiger partial charge in [0.2, 0.25) is 5.91 Å². The van der Waals surface area contributed by atoms with Crippen molar-refractivity contribution in [1.82, 2.24) is 30.1 Å². The molecule has 3 unspecified atom stereocenters. The van der Waals surface area contributed by atoms with Crippen LogP contribution in [0.1, 0.15) is 45.7 Å². The first-order valence-corrected chi connectivity index (χ1v) is 16.9. The minimum atomic E-state index is -4.08. The van der Waals surface area contributed by atoms with Crippen LogP contribution in [0.5, 0.6) is 0 Å². The van der Waals surface area contributed by atoms with Crippen molar-refractivity contribution in [2.75, 3.05) is 33.2 Å². The number of aliphatic hydroxyl groups is 1. The number of hydrazine groups is 1. The fourth-order valence-corrected chi connectivity index (χ4v) is 6.30. The van der Waals surface area contributed by atoms with E-state index in [1.54, 1.807) is 39.6 Å². The van der Waals surface area contributed by atoms with E-state index in [0.29, 0.717) is 26.2 Å². The lowest BCUT2D eigenvalue weighted by Gasteiger charge is -2.34. The third-order valence-electron chi connectivity index (χ3n) is 7.43. The number of benzene rings is 2. The van der Waals surface area contributed by atoms with Crippen LogP contribution in [0.15, 0.2) is 60.7 Å². The van der Waals surface area contributed by atoms with Gasteiger partial charge in [0.1, 0.15) is 11.6 Å². The standard InChI is InChI=1S/C32H50N6O6S/c1-23(2)28(35-45(42,43)36-38-19-17-37(6)18-20-38)30(40)33-26(21-24-13-9-7-10-14-24)29(39)27(22-25-15-11-8-12-16-25)34-31(41)44-32(3,4)5/h7-16,23,26-29,35-36,39H,17-22H2,1-6H3,(H,33,40)(H,34,41)/t26?,27?,28-,29?/m0/s1. The highest BCUT2D eigenvalue weighted by Gasteiger charge is 2.35. The highest BCUT2D eigenvalue weighted by molar-refractivity contribution is 7.87. The molecule has 4 atom stereocenters. The van der Waals surface area contributed by atoms with Crippen molar-refractivity contribution in [2.45, 2.75) is 77.3 Å². The maximum atomic E-state index is 13.8. The zero-order valence-electron chi connectivity index (χ0n) is 27.2. The molecule has 1 aliphatic rings. The molecule has 2 aromatic carbocycles. The molecule has 0 saturated carbocycles. The van der Waals surface area contributed by atoms with Gasteiger partial charge in [-0.1, -0.05) is 74.5 Å². The monoisotopic (exact) mass is 646 g/mol. The Bertz CT molecular complexity index is 1310. The Hall–Kier alpha value is -3.07. The first-order chi connectivity index (χ1) is 21.1. The Balaban J connectivity index is 1.85. The van der Waals surface area contributed by atoms with Crippen LogP contribution in [0, 0.1) is 5.92 Å². The molecule has 1 aliphatic heterocycles. The number of carbonyl (C=O) groups excluding carboxylic acids is 2. The molecule has 0 radical (unpaired) electrons. The van der Waals surface area contributed by atoms with Crippen LogP contribution in [-0.4, -0.2) is 98.5 Å². The van der Waals surface area contributed by atoms with E-state index in [4.69, 9.17) is 4.74 Å². The molecule has 3 rings (SSSR count). The predicted octanol–water partition coefficient (Wildman–Crippen LogP) is 1.82. The lowest BCUT2D eigenvalue weighted by atomic mass is 9.92. The minimum absolute atomic E-state index is 0.228. The summed E-state index contributed by atoms with van der Waals surface area (Å²) in [7, 11) is -2.11. The summed E-state index contributed by atoms with van der Waals surface area (Å²) < 4.78 is 34.2. The smallest absolute Gasteiger partial charge is 0.407 e. The van der Waals surface area contributed by atoms with Gasteiger partial charge in [0, 0.05) is 26.2 Å². The lowest BCUT2D eigenvalue weighted by Crippen LogP contribution is -2.61. The molecule has 0 aliphatic carbocycles. The topological polar surface area (TPSA) is 152 Å². The van der Waals surface area contributed by atoms with E-state index in [0.717, 1.165) is 11.1 Å². The van der Waals surface area contributed by atoms with Gasteiger partial charge in [-0.15, -0.1) is 4.83 Å². The molecular formula is C32H50N6O6S. The average Bonchev–Trinajstić information content (AvgIpc) is 2.96. The van der Waals surface area contributed by atoms with Crippen molar-refractivity contribution in [1.29, 1.82) is 0 Å². The number of likely N-dealkylation sites (N-methyl/N-ethyl adjacent to an activating group) is 1. The highest BCUT2D eigenvalue weighted by Crippen LogP contribution is 2.16. The summed E-state index contributed by atoms with van der Waals surface area (Å²) in [5.41, 5.74) is 0.949. The quantitative estimate of drug-likeness (QED) is 0.209. The highest BCUT2D eigenvalue weighted by atomic mass is 32.2. The van der Waals surface area contributed by atoms with E-state index in [9.17, 15) is 23.1 Å². The van der Waals surface area contributed by atoms with Gasteiger partial charge in [-0.2, -0.15) is 13.1 Å². The van der Waals surface area contributed by atoms with Gasteiger partial charge in [0.05, 0.1) is 18.2 Å². The molecule has 12 nitrogen and oxygen atoms in total. The fourth-order valence-electron chi connectivity index (χ4n) is 5.02. The second-order valence-electron chi connectivity index (χ2n) is 13.0. The summed E-state index contributed by atoms with van der Waals surface area (Å²) in [6.45, 7) is 11.2. The third kappa shape index (κ3) is 12.7. The summed E-state index contributed by atoms with van der Waals surface area (Å²) in [5.74, 6) is -1.01. The van der Waals surface area contributed by atoms with Crippen LogP contribution in [0.4, 0.5) is 4.79 Å². The van der Waals surface area contributed by atoms with E-state index in [-0.39, 0.29) is 12.8 Å². The molecule has 13 heteroatoms. The second kappa shape index (κ2) is 16.5. The zero-order valence-corrected chi connectivity index (χ0v) is 28.0. The summed E-state index contributed by atoms with van der Waals surface area (Å²) in [4.78, 5) is 31.3. The molecule has 2 aromatic rings. The molecule has 2 amide bonds. The van der Waals surface area contributed by atoms with E-state index in [2.05, 4.69) is 25.1 Å². The number of nitrogens with zero attached hydrogens (tertiary/aromatic N) is 2. The number of amides is 2. The Labute approximate surface area is 268 Å². The zero-order chi connectivity index (χ0) is 33.2. The third-order valence-corrected chi connectivity index (χ3v) is 8.50. The van der Waals surface area contributed by atoms with Gasteiger partial charge in [-0.25, -0.2) is 9.80 Å². The molecule has 5 N–H and O–H groups in total. The second-order valence-corrected chi connectivity index (χ2v) is 14.4. The van der Waals surface area contributed by atoms with Crippen molar-refractivity contribution in [2.24, 2.45) is 5.92 Å². The number of hydrogen-bond donors (Lipinski definition) is 5. The maximum absolute atomic E-state index is 13.8. The van der Waals surface area contributed by atoms with Crippen molar-refractivity contribution < 1.29 is 27.9 Å². The number of hydrogen-bond acceptors (Lipinski definition) is 8. The summed E-state index contributed by atoms with van der Waals surface area (Å²) >= 11 is 0. The molecular weight excluding hydrogens is 596 g/mol. The van der Waals surface area contributed by atoms with Gasteiger partial charge < -0.3 is 25.4 Å². The number of nitrogens with one attached hydrogen (secondary N) is 4. The SMILES string of the molecule is CC(C)[C@H](NS(=O)(=O)NN1CCN(C)CC1)C(=O)NC(Cc1ccccc1)C(O)C(Cc1ccccc1)NC(=O)OC(C)(C)C. The number of alkyl carbamates (subject to hydrolysis) is 1. The van der Waals surface area contributed by atoms with E-state index >= 15 is 0 Å². The summed E-state index contributed by atoms with van der Waals surface area (Å²) in [6.07, 6.45) is -1.48. The van der Waals surface area contributed by atoms with Gasteiger partial charge in [-0.3, -0.25) is 4.79 Å². The number of ether oxygens (including phenoxy) is 1. The molecule has 0 bridgehead atoms. The van der Waals surface area contributed by atoms with Crippen LogP contribution < -0.4 is 20.2 Å². The molecule has 1 saturated heterocycles. The number of aliphatic hydroxyl groups excluding tert-OH is 1. The molecule has 45 heavy (non-hydrogen) atoms. The Morgan fingerprint density at radius 3 is 1.82 bits per heavy atom. The number of carbonyl (C=O) groups is 2. The molecule has 1 heterocycles. The van der Waals surface area contributed by atoms with Crippen molar-refractivity contribution in [3.8, 4) is 0 Å². The first kappa shape index (κ1) is 36.4. The van der Waals surface area contributed by atoms with Crippen LogP contribution in [0.25, 0.3) is 0 Å².